The van der Waals surface area contributed by atoms with Crippen molar-refractivity contribution in [1.29, 1.82) is 0 Å². The third-order valence-electron chi connectivity index (χ3n) is 8.32. The van der Waals surface area contributed by atoms with Gasteiger partial charge in [0.15, 0.2) is 0 Å². The van der Waals surface area contributed by atoms with Crippen LogP contribution in [0.3, 0.4) is 0 Å². The highest BCUT2D eigenvalue weighted by molar-refractivity contribution is 6.52. The molecule has 0 amide bonds. The van der Waals surface area contributed by atoms with Crippen LogP contribution in [0.1, 0.15) is 27.7 Å². The quantitative estimate of drug-likeness (QED) is 0.239. The Hall–Kier alpha value is -4.06. The zero-order chi connectivity index (χ0) is 26.9. The van der Waals surface area contributed by atoms with Crippen LogP contribution in [0.2, 0.25) is 0 Å². The molecule has 7 aromatic rings. The molecule has 2 aromatic heterocycles. The number of furan rings is 2. The Morgan fingerprint density at radius 1 is 0.641 bits per heavy atom. The first-order valence-electron chi connectivity index (χ1n) is 13.3. The second-order valence-electron chi connectivity index (χ2n) is 11.4. The molecule has 0 aliphatic carbocycles. The Morgan fingerprint density at radius 3 is 2.08 bits per heavy atom. The van der Waals surface area contributed by atoms with Crippen LogP contribution in [0.5, 0.6) is 0 Å². The van der Waals surface area contributed by atoms with Crippen molar-refractivity contribution in [2.75, 3.05) is 0 Å². The van der Waals surface area contributed by atoms with Crippen molar-refractivity contribution in [3.05, 3.63) is 91.0 Å². The first-order chi connectivity index (χ1) is 18.7. The molecule has 0 bridgehead atoms. The molecule has 0 saturated carbocycles. The van der Waals surface area contributed by atoms with E-state index in [0.717, 1.165) is 60.5 Å². The molecule has 0 unspecified atom stereocenters. The summed E-state index contributed by atoms with van der Waals surface area (Å²) in [7, 11) is 0.363. The van der Waals surface area contributed by atoms with E-state index < -0.39 is 11.2 Å². The van der Waals surface area contributed by atoms with Gasteiger partial charge < -0.3 is 18.6 Å². The summed E-state index contributed by atoms with van der Waals surface area (Å²) in [4.78, 5) is 0. The highest BCUT2D eigenvalue weighted by Crippen LogP contribution is 2.40. The van der Waals surface area contributed by atoms with Crippen LogP contribution in [-0.2, 0) is 4.65 Å². The molecule has 0 spiro atoms. The fourth-order valence-electron chi connectivity index (χ4n) is 5.37. The fourth-order valence-corrected chi connectivity index (χ4v) is 5.37. The fraction of sp³-hybridized carbons (Fsp3) is 0.176. The van der Waals surface area contributed by atoms with Gasteiger partial charge in [-0.25, -0.2) is 0 Å². The normalized spacial score (nSPS) is 12.8. The van der Waals surface area contributed by atoms with Crippen molar-refractivity contribution in [3.63, 3.8) is 0 Å². The molecular formula is C34H29BO4. The molecule has 5 heteroatoms. The summed E-state index contributed by atoms with van der Waals surface area (Å²) >= 11 is 0. The molecule has 0 saturated heterocycles. The summed E-state index contributed by atoms with van der Waals surface area (Å²) in [5.74, 6) is 0. The third kappa shape index (κ3) is 3.84. The van der Waals surface area contributed by atoms with Crippen LogP contribution in [0.4, 0.5) is 0 Å². The summed E-state index contributed by atoms with van der Waals surface area (Å²) in [6.45, 7) is 7.38. The summed E-state index contributed by atoms with van der Waals surface area (Å²) in [5.41, 5.74) is 4.96. The van der Waals surface area contributed by atoms with Gasteiger partial charge in [-0.3, -0.25) is 0 Å². The maximum absolute atomic E-state index is 10.6. The SMILES string of the molecule is CC(C)(O)C(C)(C)OBc1cccc2oc3ccc(-c4cccc5oc6cc7ccccc7cc6c45)cc3c12. The minimum Gasteiger partial charge on any atom is -0.456 e. The number of fused-ring (bicyclic) bond motifs is 7. The van der Waals surface area contributed by atoms with Crippen LogP contribution >= 0.6 is 0 Å². The average molecular weight is 512 g/mol. The van der Waals surface area contributed by atoms with Crippen molar-refractivity contribution < 1.29 is 18.6 Å². The molecular weight excluding hydrogens is 483 g/mol. The lowest BCUT2D eigenvalue weighted by molar-refractivity contribution is -0.0893. The molecule has 192 valence electrons. The summed E-state index contributed by atoms with van der Waals surface area (Å²) in [5, 5.41) is 17.2. The lowest BCUT2D eigenvalue weighted by Gasteiger charge is -2.37. The van der Waals surface area contributed by atoms with Crippen molar-refractivity contribution >= 4 is 67.6 Å². The molecule has 7 rings (SSSR count). The van der Waals surface area contributed by atoms with Gasteiger partial charge in [-0.1, -0.05) is 54.6 Å². The predicted octanol–water partition coefficient (Wildman–Crippen LogP) is 7.85. The minimum atomic E-state index is -0.982. The van der Waals surface area contributed by atoms with Crippen LogP contribution in [0.15, 0.2) is 99.8 Å². The van der Waals surface area contributed by atoms with Crippen LogP contribution in [0.25, 0.3) is 65.8 Å². The third-order valence-corrected chi connectivity index (χ3v) is 8.32. The van der Waals surface area contributed by atoms with Gasteiger partial charge in [0.25, 0.3) is 0 Å². The average Bonchev–Trinajstić information content (AvgIpc) is 3.47. The maximum Gasteiger partial charge on any atom is 0.310 e. The van der Waals surface area contributed by atoms with E-state index in [4.69, 9.17) is 13.5 Å². The van der Waals surface area contributed by atoms with Crippen molar-refractivity contribution in [1.82, 2.24) is 0 Å². The molecule has 0 radical (unpaired) electrons. The van der Waals surface area contributed by atoms with Gasteiger partial charge in [-0.2, -0.15) is 0 Å². The van der Waals surface area contributed by atoms with E-state index in [-0.39, 0.29) is 0 Å². The van der Waals surface area contributed by atoms with Gasteiger partial charge in [-0.15, -0.1) is 0 Å². The van der Waals surface area contributed by atoms with Gasteiger partial charge in [0, 0.05) is 21.5 Å². The van der Waals surface area contributed by atoms with Crippen LogP contribution in [-0.4, -0.2) is 23.8 Å². The van der Waals surface area contributed by atoms with Gasteiger partial charge >= 0.3 is 7.48 Å². The number of rotatable bonds is 5. The Kier molecular flexibility index (Phi) is 5.22. The lowest BCUT2D eigenvalue weighted by Crippen LogP contribution is -2.49. The van der Waals surface area contributed by atoms with E-state index in [0.29, 0.717) is 7.48 Å². The van der Waals surface area contributed by atoms with Crippen molar-refractivity contribution in [2.45, 2.75) is 38.9 Å². The number of aliphatic hydroxyl groups is 1. The smallest absolute Gasteiger partial charge is 0.310 e. The molecule has 0 aliphatic rings. The molecule has 0 aliphatic heterocycles. The second-order valence-corrected chi connectivity index (χ2v) is 11.4. The van der Waals surface area contributed by atoms with Gasteiger partial charge in [-0.05, 0) is 91.5 Å². The van der Waals surface area contributed by atoms with Gasteiger partial charge in [0.2, 0.25) is 0 Å². The molecule has 39 heavy (non-hydrogen) atoms. The summed E-state index contributed by atoms with van der Waals surface area (Å²) in [6, 6.07) is 31.4. The predicted molar refractivity (Wildman–Crippen MR) is 162 cm³/mol. The topological polar surface area (TPSA) is 55.7 Å². The first-order valence-corrected chi connectivity index (χ1v) is 13.3. The van der Waals surface area contributed by atoms with E-state index in [9.17, 15) is 5.11 Å². The molecule has 0 fully saturated rings. The van der Waals surface area contributed by atoms with Crippen molar-refractivity contribution in [2.24, 2.45) is 0 Å². The highest BCUT2D eigenvalue weighted by atomic mass is 16.5. The largest absolute Gasteiger partial charge is 0.456 e. The molecule has 5 aromatic carbocycles. The summed E-state index contributed by atoms with van der Waals surface area (Å²) < 4.78 is 18.8. The summed E-state index contributed by atoms with van der Waals surface area (Å²) in [6.07, 6.45) is 0. The van der Waals surface area contributed by atoms with Crippen molar-refractivity contribution in [3.8, 4) is 11.1 Å². The number of hydrogen-bond acceptors (Lipinski definition) is 4. The van der Waals surface area contributed by atoms with E-state index in [1.165, 1.54) is 10.8 Å². The van der Waals surface area contributed by atoms with Crippen LogP contribution in [0, 0.1) is 0 Å². The molecule has 4 nitrogen and oxygen atoms in total. The lowest BCUT2D eigenvalue weighted by atomic mass is 9.80. The first kappa shape index (κ1) is 24.0. The monoisotopic (exact) mass is 512 g/mol. The van der Waals surface area contributed by atoms with Gasteiger partial charge in [0.1, 0.15) is 22.3 Å². The Balaban J connectivity index is 1.40. The zero-order valence-corrected chi connectivity index (χ0v) is 22.5. The Labute approximate surface area is 227 Å². The second kappa shape index (κ2) is 8.47. The van der Waals surface area contributed by atoms with E-state index >= 15 is 0 Å². The number of benzene rings is 5. The van der Waals surface area contributed by atoms with Gasteiger partial charge in [0.05, 0.1) is 11.2 Å². The Bertz CT molecular complexity index is 2040. The maximum atomic E-state index is 10.6. The number of hydrogen-bond donors (Lipinski definition) is 1. The van der Waals surface area contributed by atoms with Crippen LogP contribution < -0.4 is 5.46 Å². The van der Waals surface area contributed by atoms with E-state index in [2.05, 4.69) is 66.7 Å². The highest BCUT2D eigenvalue weighted by Gasteiger charge is 2.36. The minimum absolute atomic E-state index is 0.363. The molecule has 0 atom stereocenters. The van der Waals surface area contributed by atoms with E-state index in [1.807, 2.05) is 38.1 Å². The molecule has 2 heterocycles. The van der Waals surface area contributed by atoms with E-state index in [1.54, 1.807) is 13.8 Å². The zero-order valence-electron chi connectivity index (χ0n) is 22.5. The Morgan fingerprint density at radius 2 is 1.31 bits per heavy atom. The molecule has 1 N–H and O–H groups in total. The standard InChI is InChI=1S/C34H29BO4/c1-33(2,36)34(3,4)39-35-26-12-8-14-29-32(26)24-18-22(15-16-27(24)37-29)23-11-7-13-28-31(23)25-17-20-9-5-6-10-21(20)19-30(25)38-28/h5-19,35-36H,1-4H3.